The Kier molecular flexibility index (Phi) is 6.24. The van der Waals surface area contributed by atoms with Crippen LogP contribution in [-0.2, 0) is 11.3 Å². The first-order chi connectivity index (χ1) is 13.5. The first kappa shape index (κ1) is 20.1. The molecule has 1 amide bonds. The van der Waals surface area contributed by atoms with Gasteiger partial charge in [0.1, 0.15) is 10.7 Å². The first-order valence-electron chi connectivity index (χ1n) is 8.80. The largest absolute Gasteiger partial charge is 0.373 e. The Balaban J connectivity index is 1.37. The van der Waals surface area contributed by atoms with Crippen molar-refractivity contribution in [1.29, 1.82) is 0 Å². The maximum atomic E-state index is 12.5. The zero-order valence-electron chi connectivity index (χ0n) is 15.3. The summed E-state index contributed by atoms with van der Waals surface area (Å²) >= 11 is 7.95. The molecule has 1 aliphatic heterocycles. The summed E-state index contributed by atoms with van der Waals surface area (Å²) in [6.45, 7) is 6.73. The van der Waals surface area contributed by atoms with E-state index in [0.717, 1.165) is 39.7 Å². The minimum atomic E-state index is -0.229. The molecule has 0 radical (unpaired) electrons. The van der Waals surface area contributed by atoms with Crippen molar-refractivity contribution in [1.82, 2.24) is 14.9 Å². The number of hydrogen-bond acceptors (Lipinski definition) is 8. The van der Waals surface area contributed by atoms with E-state index in [4.69, 9.17) is 4.74 Å². The number of thiazole rings is 2. The number of hydrogen-bond donors (Lipinski definition) is 1. The number of thiophene rings is 1. The van der Waals surface area contributed by atoms with Crippen LogP contribution in [-0.4, -0.2) is 46.1 Å². The normalized spacial score (nSPS) is 20.4. The molecule has 4 heterocycles. The van der Waals surface area contributed by atoms with Crippen LogP contribution in [0.1, 0.15) is 30.0 Å². The molecule has 1 saturated heterocycles. The Labute approximate surface area is 183 Å². The van der Waals surface area contributed by atoms with E-state index in [1.807, 2.05) is 16.8 Å². The molecule has 4 rings (SSSR count). The summed E-state index contributed by atoms with van der Waals surface area (Å²) in [6, 6.07) is 2.01. The van der Waals surface area contributed by atoms with Crippen molar-refractivity contribution in [3.05, 3.63) is 38.1 Å². The molecule has 1 fully saturated rings. The van der Waals surface area contributed by atoms with Crippen LogP contribution in [0.25, 0.3) is 9.88 Å². The zero-order chi connectivity index (χ0) is 19.7. The molecule has 28 heavy (non-hydrogen) atoms. The molecule has 3 aromatic heterocycles. The van der Waals surface area contributed by atoms with Crippen LogP contribution in [0.2, 0.25) is 0 Å². The highest BCUT2D eigenvalue weighted by Gasteiger charge is 2.23. The summed E-state index contributed by atoms with van der Waals surface area (Å²) in [5.74, 6) is -0.229. The highest BCUT2D eigenvalue weighted by molar-refractivity contribution is 9.10. The maximum Gasteiger partial charge on any atom is 0.276 e. The van der Waals surface area contributed by atoms with Crippen molar-refractivity contribution in [2.45, 2.75) is 32.6 Å². The molecule has 10 heteroatoms. The lowest BCUT2D eigenvalue weighted by Crippen LogP contribution is -2.44. The number of ether oxygens (including phenoxy) is 1. The van der Waals surface area contributed by atoms with Gasteiger partial charge in [-0.15, -0.1) is 34.0 Å². The fourth-order valence-electron chi connectivity index (χ4n) is 3.16. The molecule has 6 nitrogen and oxygen atoms in total. The number of carbonyl (C=O) groups is 1. The van der Waals surface area contributed by atoms with E-state index in [0.29, 0.717) is 10.8 Å². The number of rotatable bonds is 5. The van der Waals surface area contributed by atoms with Crippen LogP contribution >= 0.6 is 49.9 Å². The third-order valence-corrected chi connectivity index (χ3v) is 7.68. The van der Waals surface area contributed by atoms with Gasteiger partial charge >= 0.3 is 0 Å². The van der Waals surface area contributed by atoms with Gasteiger partial charge in [-0.3, -0.25) is 15.0 Å². The molecule has 0 bridgehead atoms. The van der Waals surface area contributed by atoms with Crippen molar-refractivity contribution in [2.24, 2.45) is 0 Å². The number of carbonyl (C=O) groups excluding carboxylic acids is 1. The second-order valence-electron chi connectivity index (χ2n) is 6.72. The van der Waals surface area contributed by atoms with Crippen LogP contribution < -0.4 is 5.32 Å². The van der Waals surface area contributed by atoms with E-state index in [9.17, 15) is 4.79 Å². The molecule has 148 valence electrons. The third kappa shape index (κ3) is 4.87. The van der Waals surface area contributed by atoms with Gasteiger partial charge in [-0.05, 0) is 35.8 Å². The lowest BCUT2D eigenvalue weighted by molar-refractivity contribution is -0.0707. The van der Waals surface area contributed by atoms with E-state index >= 15 is 0 Å². The summed E-state index contributed by atoms with van der Waals surface area (Å²) in [4.78, 5) is 24.9. The zero-order valence-corrected chi connectivity index (χ0v) is 19.4. The van der Waals surface area contributed by atoms with E-state index < -0.39 is 0 Å². The minimum Gasteiger partial charge on any atom is -0.373 e. The summed E-state index contributed by atoms with van der Waals surface area (Å²) in [5.41, 5.74) is 1.38. The first-order valence-corrected chi connectivity index (χ1v) is 12.2. The molecular formula is C18H19BrN4O2S3. The average Bonchev–Trinajstić information content (AvgIpc) is 3.34. The smallest absolute Gasteiger partial charge is 0.276 e. The van der Waals surface area contributed by atoms with E-state index in [-0.39, 0.29) is 18.1 Å². The van der Waals surface area contributed by atoms with Gasteiger partial charge in [0.2, 0.25) is 0 Å². The van der Waals surface area contributed by atoms with Crippen LogP contribution in [0.5, 0.6) is 0 Å². The summed E-state index contributed by atoms with van der Waals surface area (Å²) in [5, 5.41) is 10.1. The molecule has 2 unspecified atom stereocenters. The molecule has 2 atom stereocenters. The van der Waals surface area contributed by atoms with Gasteiger partial charge in [0.25, 0.3) is 5.91 Å². The molecule has 0 spiro atoms. The van der Waals surface area contributed by atoms with Crippen LogP contribution in [0.15, 0.2) is 26.7 Å². The number of halogens is 1. The molecule has 0 saturated carbocycles. The van der Waals surface area contributed by atoms with Crippen LogP contribution in [0, 0.1) is 0 Å². The molecule has 1 aliphatic rings. The number of aromatic nitrogens is 2. The molecule has 0 aromatic carbocycles. The van der Waals surface area contributed by atoms with Gasteiger partial charge in [-0.1, -0.05) is 0 Å². The summed E-state index contributed by atoms with van der Waals surface area (Å²) in [7, 11) is 0. The Morgan fingerprint density at radius 1 is 1.21 bits per heavy atom. The van der Waals surface area contributed by atoms with E-state index in [2.05, 4.69) is 50.0 Å². The topological polar surface area (TPSA) is 67.4 Å². The van der Waals surface area contributed by atoms with Gasteiger partial charge in [0.05, 0.1) is 22.8 Å². The van der Waals surface area contributed by atoms with Crippen LogP contribution in [0.4, 0.5) is 5.13 Å². The summed E-state index contributed by atoms with van der Waals surface area (Å²) in [6.07, 6.45) is 0.453. The molecular weight excluding hydrogens is 480 g/mol. The van der Waals surface area contributed by atoms with Crippen LogP contribution in [0.3, 0.4) is 0 Å². The predicted octanol–water partition coefficient (Wildman–Crippen LogP) is 4.95. The van der Waals surface area contributed by atoms with Crippen molar-refractivity contribution < 1.29 is 9.53 Å². The molecule has 3 aromatic rings. The molecule has 1 N–H and O–H groups in total. The lowest BCUT2D eigenvalue weighted by Gasteiger charge is -2.34. The van der Waals surface area contributed by atoms with Crippen molar-refractivity contribution in [2.75, 3.05) is 18.4 Å². The lowest BCUT2D eigenvalue weighted by atomic mass is 10.2. The van der Waals surface area contributed by atoms with Gasteiger partial charge in [0, 0.05) is 40.2 Å². The number of anilines is 1. The Morgan fingerprint density at radius 2 is 2.00 bits per heavy atom. The van der Waals surface area contributed by atoms with Crippen molar-refractivity contribution in [3.8, 4) is 9.88 Å². The number of nitrogens with one attached hydrogen (secondary N) is 1. The Hall–Kier alpha value is -1.17. The van der Waals surface area contributed by atoms with E-state index in [1.54, 1.807) is 16.7 Å². The number of morpholine rings is 1. The van der Waals surface area contributed by atoms with Crippen molar-refractivity contribution >= 4 is 61.0 Å². The predicted molar refractivity (Wildman–Crippen MR) is 118 cm³/mol. The van der Waals surface area contributed by atoms with Crippen molar-refractivity contribution in [3.63, 3.8) is 0 Å². The minimum absolute atomic E-state index is 0.226. The fourth-order valence-corrected chi connectivity index (χ4v) is 6.16. The SMILES string of the molecule is CC1CN(Cc2csc(NC(=O)c3csc(-c4cc(Br)cs4)n3)n2)CC(C)O1. The van der Waals surface area contributed by atoms with Gasteiger partial charge < -0.3 is 4.74 Å². The Bertz CT molecular complexity index is 960. The standard InChI is InChI=1S/C18H19BrN4O2S3/c1-10-4-23(5-11(2)25-10)6-13-8-28-18(20-13)22-16(24)14-9-27-17(21-14)15-3-12(19)7-26-15/h3,7-11H,4-6H2,1-2H3,(H,20,22,24). The second kappa shape index (κ2) is 8.68. The second-order valence-corrected chi connectivity index (χ2v) is 10.3. The van der Waals surface area contributed by atoms with E-state index in [1.165, 1.54) is 22.7 Å². The fraction of sp³-hybridized carbons (Fsp3) is 0.389. The summed E-state index contributed by atoms with van der Waals surface area (Å²) < 4.78 is 6.79. The average molecular weight is 499 g/mol. The highest BCUT2D eigenvalue weighted by Crippen LogP contribution is 2.32. The highest BCUT2D eigenvalue weighted by atomic mass is 79.9. The van der Waals surface area contributed by atoms with Gasteiger partial charge in [0.15, 0.2) is 5.13 Å². The molecule has 0 aliphatic carbocycles. The quantitative estimate of drug-likeness (QED) is 0.538. The monoisotopic (exact) mass is 498 g/mol. The van der Waals surface area contributed by atoms with Gasteiger partial charge in [-0.25, -0.2) is 9.97 Å². The van der Waals surface area contributed by atoms with Gasteiger partial charge in [-0.2, -0.15) is 0 Å². The maximum absolute atomic E-state index is 12.5. The third-order valence-electron chi connectivity index (χ3n) is 4.17. The number of nitrogens with zero attached hydrogens (tertiary/aromatic N) is 3. The Morgan fingerprint density at radius 3 is 2.71 bits per heavy atom. The number of amides is 1.